The number of carbonyl (C=O) groups is 2. The highest BCUT2D eigenvalue weighted by Gasteiger charge is 2.48. The van der Waals surface area contributed by atoms with Crippen LogP contribution in [0.4, 0.5) is 0 Å². The monoisotopic (exact) mass is 362 g/mol. The SMILES string of the molecule is CC1(C)CC(=O)C2=C(C1)OC(C(=O)c1ccc(O)cc1)C2c1ccccc1. The highest BCUT2D eigenvalue weighted by molar-refractivity contribution is 6.05. The first-order chi connectivity index (χ1) is 12.9. The van der Waals surface area contributed by atoms with Crippen molar-refractivity contribution >= 4 is 11.6 Å². The van der Waals surface area contributed by atoms with Crippen LogP contribution >= 0.6 is 0 Å². The Kier molecular flexibility index (Phi) is 4.14. The van der Waals surface area contributed by atoms with Gasteiger partial charge in [-0.3, -0.25) is 9.59 Å². The standard InChI is InChI=1S/C23H22O4/c1-23(2)12-17(25)20-18(13-23)27-22(19(20)14-6-4-3-5-7-14)21(26)15-8-10-16(24)11-9-15/h3-11,19,22,24H,12-13H2,1-2H3. The molecular weight excluding hydrogens is 340 g/mol. The smallest absolute Gasteiger partial charge is 0.204 e. The zero-order valence-electron chi connectivity index (χ0n) is 15.4. The number of ether oxygens (including phenoxy) is 1. The van der Waals surface area contributed by atoms with Gasteiger partial charge in [-0.1, -0.05) is 44.2 Å². The molecule has 4 nitrogen and oxygen atoms in total. The summed E-state index contributed by atoms with van der Waals surface area (Å²) in [6, 6.07) is 15.8. The molecule has 0 saturated heterocycles. The van der Waals surface area contributed by atoms with E-state index in [1.807, 2.05) is 44.2 Å². The fraction of sp³-hybridized carbons (Fsp3) is 0.304. The Labute approximate surface area is 158 Å². The Bertz CT molecular complexity index is 923. The minimum Gasteiger partial charge on any atom is -0.508 e. The van der Waals surface area contributed by atoms with Gasteiger partial charge in [0.15, 0.2) is 11.9 Å². The molecular formula is C23H22O4. The van der Waals surface area contributed by atoms with Gasteiger partial charge >= 0.3 is 0 Å². The van der Waals surface area contributed by atoms with Crippen LogP contribution in [0.25, 0.3) is 0 Å². The molecule has 27 heavy (non-hydrogen) atoms. The van der Waals surface area contributed by atoms with Gasteiger partial charge in [0.05, 0.1) is 5.92 Å². The third kappa shape index (κ3) is 3.16. The first kappa shape index (κ1) is 17.5. The number of aromatic hydroxyl groups is 1. The zero-order chi connectivity index (χ0) is 19.2. The van der Waals surface area contributed by atoms with Crippen molar-refractivity contribution in [1.82, 2.24) is 0 Å². The van der Waals surface area contributed by atoms with Gasteiger partial charge in [-0.2, -0.15) is 0 Å². The number of hydrogen-bond donors (Lipinski definition) is 1. The molecule has 0 spiro atoms. The molecule has 0 amide bonds. The first-order valence-corrected chi connectivity index (χ1v) is 9.17. The van der Waals surface area contributed by atoms with Gasteiger partial charge in [0.1, 0.15) is 11.5 Å². The van der Waals surface area contributed by atoms with Crippen LogP contribution in [0.2, 0.25) is 0 Å². The summed E-state index contributed by atoms with van der Waals surface area (Å²) in [5, 5.41) is 9.50. The maximum Gasteiger partial charge on any atom is 0.204 e. The van der Waals surface area contributed by atoms with Gasteiger partial charge in [0, 0.05) is 24.0 Å². The van der Waals surface area contributed by atoms with Crippen LogP contribution in [0.1, 0.15) is 48.5 Å². The molecule has 1 aliphatic heterocycles. The van der Waals surface area contributed by atoms with Gasteiger partial charge in [-0.15, -0.1) is 0 Å². The fourth-order valence-electron chi connectivity index (χ4n) is 4.10. The van der Waals surface area contributed by atoms with E-state index in [1.165, 1.54) is 12.1 Å². The second kappa shape index (κ2) is 6.38. The molecule has 2 aromatic carbocycles. The minimum absolute atomic E-state index is 0.0658. The van der Waals surface area contributed by atoms with Gasteiger partial charge < -0.3 is 9.84 Å². The molecule has 0 bridgehead atoms. The summed E-state index contributed by atoms with van der Waals surface area (Å²) in [7, 11) is 0. The molecule has 4 rings (SSSR count). The second-order valence-corrected chi connectivity index (χ2v) is 8.12. The summed E-state index contributed by atoms with van der Waals surface area (Å²) >= 11 is 0. The molecule has 4 heteroatoms. The summed E-state index contributed by atoms with van der Waals surface area (Å²) in [4.78, 5) is 26.2. The van der Waals surface area contributed by atoms with Crippen molar-refractivity contribution < 1.29 is 19.4 Å². The highest BCUT2D eigenvalue weighted by Crippen LogP contribution is 2.49. The Balaban J connectivity index is 1.77. The van der Waals surface area contributed by atoms with Crippen molar-refractivity contribution in [2.75, 3.05) is 0 Å². The first-order valence-electron chi connectivity index (χ1n) is 9.17. The van der Waals surface area contributed by atoms with Crippen LogP contribution in [0.3, 0.4) is 0 Å². The van der Waals surface area contributed by atoms with Crippen molar-refractivity contribution in [2.45, 2.75) is 38.7 Å². The molecule has 2 aliphatic rings. The molecule has 1 heterocycles. The van der Waals surface area contributed by atoms with Crippen molar-refractivity contribution in [3.8, 4) is 5.75 Å². The summed E-state index contributed by atoms with van der Waals surface area (Å²) < 4.78 is 6.13. The molecule has 1 N–H and O–H groups in total. The van der Waals surface area contributed by atoms with Crippen LogP contribution < -0.4 is 0 Å². The quantitative estimate of drug-likeness (QED) is 0.822. The van der Waals surface area contributed by atoms with E-state index in [0.29, 0.717) is 29.7 Å². The fourth-order valence-corrected chi connectivity index (χ4v) is 4.10. The van der Waals surface area contributed by atoms with Gasteiger partial charge in [0.25, 0.3) is 0 Å². The predicted molar refractivity (Wildman–Crippen MR) is 102 cm³/mol. The minimum atomic E-state index is -0.764. The number of allylic oxidation sites excluding steroid dienone is 1. The predicted octanol–water partition coefficient (Wildman–Crippen LogP) is 4.40. The van der Waals surface area contributed by atoms with E-state index in [2.05, 4.69) is 0 Å². The van der Waals surface area contributed by atoms with Crippen LogP contribution in [0.5, 0.6) is 5.75 Å². The maximum atomic E-state index is 13.2. The largest absolute Gasteiger partial charge is 0.508 e. The van der Waals surface area contributed by atoms with Crippen LogP contribution in [0.15, 0.2) is 65.9 Å². The van der Waals surface area contributed by atoms with E-state index >= 15 is 0 Å². The van der Waals surface area contributed by atoms with Crippen molar-refractivity contribution in [3.05, 3.63) is 77.1 Å². The lowest BCUT2D eigenvalue weighted by molar-refractivity contribution is -0.118. The summed E-state index contributed by atoms with van der Waals surface area (Å²) in [5.74, 6) is 0.251. The highest BCUT2D eigenvalue weighted by atomic mass is 16.5. The van der Waals surface area contributed by atoms with E-state index in [1.54, 1.807) is 12.1 Å². The normalized spacial score (nSPS) is 23.7. The number of Topliss-reactive ketones (excluding diaryl/α,β-unsaturated/α-hetero) is 2. The van der Waals surface area contributed by atoms with E-state index in [4.69, 9.17) is 4.74 Å². The maximum absolute atomic E-state index is 13.2. The third-order valence-corrected chi connectivity index (χ3v) is 5.33. The molecule has 2 unspecified atom stereocenters. The Morgan fingerprint density at radius 2 is 1.70 bits per heavy atom. The molecule has 1 aliphatic carbocycles. The Morgan fingerprint density at radius 1 is 1.04 bits per heavy atom. The number of phenolic OH excluding ortho intramolecular Hbond substituents is 1. The number of phenols is 1. The average molecular weight is 362 g/mol. The molecule has 0 fully saturated rings. The van der Waals surface area contributed by atoms with Crippen molar-refractivity contribution in [2.24, 2.45) is 5.41 Å². The third-order valence-electron chi connectivity index (χ3n) is 5.33. The lowest BCUT2D eigenvalue weighted by Crippen LogP contribution is -2.29. The molecule has 138 valence electrons. The number of benzene rings is 2. The zero-order valence-corrected chi connectivity index (χ0v) is 15.4. The van der Waals surface area contributed by atoms with E-state index in [-0.39, 0.29) is 22.7 Å². The van der Waals surface area contributed by atoms with Gasteiger partial charge in [-0.05, 0) is 35.2 Å². The molecule has 0 saturated carbocycles. The molecule has 2 aromatic rings. The van der Waals surface area contributed by atoms with E-state index in [0.717, 1.165) is 5.56 Å². The van der Waals surface area contributed by atoms with Gasteiger partial charge in [-0.25, -0.2) is 0 Å². The Hall–Kier alpha value is -2.88. The van der Waals surface area contributed by atoms with Crippen LogP contribution in [-0.4, -0.2) is 22.8 Å². The molecule has 2 atom stereocenters. The summed E-state index contributed by atoms with van der Waals surface area (Å²) in [6.45, 7) is 4.09. The topological polar surface area (TPSA) is 63.6 Å². The van der Waals surface area contributed by atoms with E-state index < -0.39 is 12.0 Å². The Morgan fingerprint density at radius 3 is 2.37 bits per heavy atom. The van der Waals surface area contributed by atoms with Crippen LogP contribution in [-0.2, 0) is 9.53 Å². The summed E-state index contributed by atoms with van der Waals surface area (Å²) in [6.07, 6.45) is 0.342. The van der Waals surface area contributed by atoms with Crippen molar-refractivity contribution in [3.63, 3.8) is 0 Å². The number of ketones is 2. The van der Waals surface area contributed by atoms with Crippen molar-refractivity contribution in [1.29, 1.82) is 0 Å². The van der Waals surface area contributed by atoms with E-state index in [9.17, 15) is 14.7 Å². The average Bonchev–Trinajstić information content (AvgIpc) is 3.01. The van der Waals surface area contributed by atoms with Crippen LogP contribution in [0, 0.1) is 5.41 Å². The summed E-state index contributed by atoms with van der Waals surface area (Å²) in [5.41, 5.74) is 1.85. The lowest BCUT2D eigenvalue weighted by Gasteiger charge is -2.29. The molecule has 0 aromatic heterocycles. The van der Waals surface area contributed by atoms with Gasteiger partial charge in [0.2, 0.25) is 5.78 Å². The molecule has 0 radical (unpaired) electrons. The number of hydrogen-bond acceptors (Lipinski definition) is 4. The second-order valence-electron chi connectivity index (χ2n) is 8.12. The lowest BCUT2D eigenvalue weighted by atomic mass is 9.72. The number of carbonyl (C=O) groups excluding carboxylic acids is 2. The number of rotatable bonds is 3.